The van der Waals surface area contributed by atoms with Crippen LogP contribution in [0.25, 0.3) is 0 Å². The van der Waals surface area contributed by atoms with Crippen molar-refractivity contribution in [2.24, 2.45) is 0 Å². The molecule has 0 aliphatic rings. The standard InChI is InChI=1S/C12H17BrO2/c1-8-4-3-5-10(9(8)2)12(15)11(14)6-7-13/h3-5,11-12,14-15H,6-7H2,1-2H3. The molecule has 1 aromatic carbocycles. The lowest BCUT2D eigenvalue weighted by atomic mass is 9.95. The van der Waals surface area contributed by atoms with Gasteiger partial charge in [-0.1, -0.05) is 34.1 Å². The zero-order valence-electron chi connectivity index (χ0n) is 9.07. The minimum absolute atomic E-state index is 0.550. The van der Waals surface area contributed by atoms with E-state index >= 15 is 0 Å². The Hall–Kier alpha value is -0.380. The van der Waals surface area contributed by atoms with Crippen LogP contribution in [0.1, 0.15) is 29.2 Å². The Morgan fingerprint density at radius 1 is 1.27 bits per heavy atom. The van der Waals surface area contributed by atoms with E-state index in [1.807, 2.05) is 32.0 Å². The smallest absolute Gasteiger partial charge is 0.105 e. The van der Waals surface area contributed by atoms with Crippen LogP contribution in [0.4, 0.5) is 0 Å². The molecule has 0 bridgehead atoms. The third kappa shape index (κ3) is 3.03. The summed E-state index contributed by atoms with van der Waals surface area (Å²) in [5.41, 5.74) is 3.01. The fourth-order valence-corrected chi connectivity index (χ4v) is 2.04. The van der Waals surface area contributed by atoms with Crippen LogP contribution in [0, 0.1) is 13.8 Å². The van der Waals surface area contributed by atoms with E-state index in [1.165, 1.54) is 0 Å². The van der Waals surface area contributed by atoms with Gasteiger partial charge in [-0.05, 0) is 37.0 Å². The molecule has 0 aliphatic heterocycles. The van der Waals surface area contributed by atoms with Crippen LogP contribution < -0.4 is 0 Å². The Morgan fingerprint density at radius 3 is 2.53 bits per heavy atom. The van der Waals surface area contributed by atoms with Crippen molar-refractivity contribution in [2.75, 3.05) is 5.33 Å². The summed E-state index contributed by atoms with van der Waals surface area (Å²) < 4.78 is 0. The molecule has 0 aromatic heterocycles. The van der Waals surface area contributed by atoms with Gasteiger partial charge < -0.3 is 10.2 Å². The van der Waals surface area contributed by atoms with Gasteiger partial charge in [0, 0.05) is 5.33 Å². The van der Waals surface area contributed by atoms with E-state index in [2.05, 4.69) is 15.9 Å². The topological polar surface area (TPSA) is 40.5 Å². The maximum Gasteiger partial charge on any atom is 0.105 e. The van der Waals surface area contributed by atoms with Gasteiger partial charge in [0.2, 0.25) is 0 Å². The first-order valence-electron chi connectivity index (χ1n) is 5.06. The highest BCUT2D eigenvalue weighted by Gasteiger charge is 2.19. The van der Waals surface area contributed by atoms with Crippen molar-refractivity contribution < 1.29 is 10.2 Å². The van der Waals surface area contributed by atoms with Crippen molar-refractivity contribution in [3.05, 3.63) is 34.9 Å². The summed E-state index contributed by atoms with van der Waals surface area (Å²) in [5, 5.41) is 20.4. The Bertz CT molecular complexity index is 325. The summed E-state index contributed by atoms with van der Waals surface area (Å²) in [7, 11) is 0. The molecule has 2 nitrogen and oxygen atoms in total. The number of hydrogen-bond donors (Lipinski definition) is 2. The third-order valence-corrected chi connectivity index (χ3v) is 3.19. The fourth-order valence-electron chi connectivity index (χ4n) is 1.57. The average molecular weight is 273 g/mol. The first kappa shape index (κ1) is 12.7. The van der Waals surface area contributed by atoms with Crippen LogP contribution in [0.5, 0.6) is 0 Å². The maximum absolute atomic E-state index is 9.95. The van der Waals surface area contributed by atoms with Gasteiger partial charge in [0.25, 0.3) is 0 Å². The summed E-state index contributed by atoms with van der Waals surface area (Å²) in [6.45, 7) is 3.97. The lowest BCUT2D eigenvalue weighted by Gasteiger charge is -2.20. The molecule has 2 atom stereocenters. The molecule has 2 unspecified atom stereocenters. The van der Waals surface area contributed by atoms with Crippen molar-refractivity contribution in [3.8, 4) is 0 Å². The van der Waals surface area contributed by atoms with E-state index in [0.29, 0.717) is 11.8 Å². The van der Waals surface area contributed by atoms with Crippen LogP contribution in [-0.4, -0.2) is 21.6 Å². The van der Waals surface area contributed by atoms with Gasteiger partial charge in [-0.25, -0.2) is 0 Å². The Balaban J connectivity index is 2.90. The molecule has 84 valence electrons. The van der Waals surface area contributed by atoms with E-state index < -0.39 is 12.2 Å². The normalized spacial score (nSPS) is 15.0. The van der Waals surface area contributed by atoms with E-state index in [4.69, 9.17) is 0 Å². The molecule has 0 aliphatic carbocycles. The monoisotopic (exact) mass is 272 g/mol. The minimum atomic E-state index is -0.789. The third-order valence-electron chi connectivity index (χ3n) is 2.73. The molecule has 1 rings (SSSR count). The zero-order chi connectivity index (χ0) is 11.4. The van der Waals surface area contributed by atoms with Gasteiger partial charge in [0.1, 0.15) is 6.10 Å². The maximum atomic E-state index is 9.95. The van der Waals surface area contributed by atoms with Gasteiger partial charge in [-0.2, -0.15) is 0 Å². The number of benzene rings is 1. The molecule has 0 amide bonds. The second-order valence-corrected chi connectivity index (χ2v) is 4.57. The van der Waals surface area contributed by atoms with Crippen LogP contribution in [-0.2, 0) is 0 Å². The molecule has 0 saturated heterocycles. The lowest BCUT2D eigenvalue weighted by Crippen LogP contribution is -2.19. The first-order chi connectivity index (χ1) is 7.07. The van der Waals surface area contributed by atoms with Gasteiger partial charge >= 0.3 is 0 Å². The Kier molecular flexibility index (Phi) is 4.77. The molecule has 2 N–H and O–H groups in total. The zero-order valence-corrected chi connectivity index (χ0v) is 10.7. The largest absolute Gasteiger partial charge is 0.390 e. The summed E-state index contributed by atoms with van der Waals surface area (Å²) >= 11 is 3.25. The number of hydrogen-bond acceptors (Lipinski definition) is 2. The molecule has 1 aromatic rings. The summed E-state index contributed by atoms with van der Waals surface area (Å²) in [4.78, 5) is 0. The van der Waals surface area contributed by atoms with Gasteiger partial charge in [-0.15, -0.1) is 0 Å². The number of aliphatic hydroxyl groups is 2. The van der Waals surface area contributed by atoms with Crippen molar-refractivity contribution in [2.45, 2.75) is 32.5 Å². The molecular formula is C12H17BrO2. The van der Waals surface area contributed by atoms with Gasteiger partial charge in [-0.3, -0.25) is 0 Å². The highest BCUT2D eigenvalue weighted by Crippen LogP contribution is 2.24. The molecular weight excluding hydrogens is 256 g/mol. The first-order valence-corrected chi connectivity index (χ1v) is 6.18. The molecule has 0 radical (unpaired) electrons. The Morgan fingerprint density at radius 2 is 1.93 bits per heavy atom. The van der Waals surface area contributed by atoms with Crippen molar-refractivity contribution >= 4 is 15.9 Å². The predicted octanol–water partition coefficient (Wildman–Crippen LogP) is 2.48. The predicted molar refractivity (Wildman–Crippen MR) is 65.3 cm³/mol. The number of alkyl halides is 1. The number of halogens is 1. The molecule has 3 heteroatoms. The Labute approximate surface area is 99.1 Å². The van der Waals surface area contributed by atoms with Crippen LogP contribution in [0.2, 0.25) is 0 Å². The average Bonchev–Trinajstić information content (AvgIpc) is 2.21. The van der Waals surface area contributed by atoms with Crippen molar-refractivity contribution in [1.29, 1.82) is 0 Å². The summed E-state index contributed by atoms with van der Waals surface area (Å²) in [6.07, 6.45) is -0.943. The highest BCUT2D eigenvalue weighted by atomic mass is 79.9. The molecule has 0 spiro atoms. The number of aliphatic hydroxyl groups excluding tert-OH is 2. The van der Waals surface area contributed by atoms with Crippen LogP contribution >= 0.6 is 15.9 Å². The second-order valence-electron chi connectivity index (χ2n) is 3.78. The van der Waals surface area contributed by atoms with Crippen molar-refractivity contribution in [3.63, 3.8) is 0 Å². The van der Waals surface area contributed by atoms with E-state index in [9.17, 15) is 10.2 Å². The minimum Gasteiger partial charge on any atom is -0.390 e. The number of aryl methyl sites for hydroxylation is 1. The summed E-state index contributed by atoms with van der Waals surface area (Å²) in [6, 6.07) is 5.77. The summed E-state index contributed by atoms with van der Waals surface area (Å²) in [5.74, 6) is 0. The van der Waals surface area contributed by atoms with Crippen LogP contribution in [0.15, 0.2) is 18.2 Å². The lowest BCUT2D eigenvalue weighted by molar-refractivity contribution is 0.0169. The van der Waals surface area contributed by atoms with E-state index in [0.717, 1.165) is 16.7 Å². The highest BCUT2D eigenvalue weighted by molar-refractivity contribution is 9.09. The second kappa shape index (κ2) is 5.64. The molecule has 15 heavy (non-hydrogen) atoms. The van der Waals surface area contributed by atoms with Gasteiger partial charge in [0.15, 0.2) is 0 Å². The van der Waals surface area contributed by atoms with Crippen molar-refractivity contribution in [1.82, 2.24) is 0 Å². The van der Waals surface area contributed by atoms with E-state index in [-0.39, 0.29) is 0 Å². The van der Waals surface area contributed by atoms with E-state index in [1.54, 1.807) is 0 Å². The molecule has 0 saturated carbocycles. The molecule has 0 heterocycles. The SMILES string of the molecule is Cc1cccc(C(O)C(O)CCBr)c1C. The molecule has 0 fully saturated rings. The van der Waals surface area contributed by atoms with Crippen LogP contribution in [0.3, 0.4) is 0 Å². The number of rotatable bonds is 4. The quantitative estimate of drug-likeness (QED) is 0.827. The van der Waals surface area contributed by atoms with Gasteiger partial charge in [0.05, 0.1) is 6.10 Å². The fraction of sp³-hybridized carbons (Fsp3) is 0.500.